The summed E-state index contributed by atoms with van der Waals surface area (Å²) in [7, 11) is 0. The summed E-state index contributed by atoms with van der Waals surface area (Å²) in [6.07, 6.45) is 3.27. The Bertz CT molecular complexity index is 674. The van der Waals surface area contributed by atoms with Crippen molar-refractivity contribution < 1.29 is 19.0 Å². The number of hydrogen-bond acceptors (Lipinski definition) is 5. The van der Waals surface area contributed by atoms with Crippen molar-refractivity contribution in [3.63, 3.8) is 0 Å². The standard InChI is InChI=1S/C22H34N2O4/c1-6-11-26-12-13-27-20-15-18(16(2)14-19(20)23)17-7-9-24(10-8-17)21(25)28-22(3,4)5/h6,14-15,17H,1,7-13,23H2,2-5H3. The predicted molar refractivity (Wildman–Crippen MR) is 112 cm³/mol. The van der Waals surface area contributed by atoms with Crippen LogP contribution in [0.15, 0.2) is 24.8 Å². The first kappa shape index (κ1) is 22.1. The summed E-state index contributed by atoms with van der Waals surface area (Å²) in [6, 6.07) is 4.02. The van der Waals surface area contributed by atoms with Crippen molar-refractivity contribution in [1.29, 1.82) is 0 Å². The number of anilines is 1. The van der Waals surface area contributed by atoms with Crippen LogP contribution in [0, 0.1) is 6.92 Å². The summed E-state index contributed by atoms with van der Waals surface area (Å²) >= 11 is 0. The molecule has 6 heteroatoms. The van der Waals surface area contributed by atoms with Gasteiger partial charge in [0.15, 0.2) is 0 Å². The number of aryl methyl sites for hydroxylation is 1. The van der Waals surface area contributed by atoms with Crippen molar-refractivity contribution >= 4 is 11.8 Å². The minimum absolute atomic E-state index is 0.233. The second-order valence-corrected chi connectivity index (χ2v) is 8.20. The Morgan fingerprint density at radius 2 is 1.96 bits per heavy atom. The number of carbonyl (C=O) groups is 1. The van der Waals surface area contributed by atoms with Crippen molar-refractivity contribution in [2.24, 2.45) is 0 Å². The molecule has 2 N–H and O–H groups in total. The van der Waals surface area contributed by atoms with Gasteiger partial charge in [0.2, 0.25) is 0 Å². The minimum Gasteiger partial charge on any atom is -0.489 e. The molecule has 1 aliphatic rings. The fourth-order valence-electron chi connectivity index (χ4n) is 3.37. The SMILES string of the molecule is C=CCOCCOc1cc(C2CCN(C(=O)OC(C)(C)C)CC2)c(C)cc1N. The normalized spacial score (nSPS) is 15.4. The number of hydrogen-bond donors (Lipinski definition) is 1. The van der Waals surface area contributed by atoms with E-state index in [1.54, 1.807) is 11.0 Å². The average molecular weight is 391 g/mol. The van der Waals surface area contributed by atoms with Crippen molar-refractivity contribution in [1.82, 2.24) is 4.90 Å². The largest absolute Gasteiger partial charge is 0.489 e. The fourth-order valence-corrected chi connectivity index (χ4v) is 3.37. The van der Waals surface area contributed by atoms with E-state index in [0.717, 1.165) is 18.4 Å². The highest BCUT2D eigenvalue weighted by Gasteiger charge is 2.28. The maximum absolute atomic E-state index is 12.3. The Hall–Kier alpha value is -2.21. The van der Waals surface area contributed by atoms with Crippen LogP contribution in [0.1, 0.15) is 50.7 Å². The molecule has 28 heavy (non-hydrogen) atoms. The molecule has 1 aromatic rings. The van der Waals surface area contributed by atoms with Gasteiger partial charge in [-0.1, -0.05) is 6.08 Å². The molecule has 0 aliphatic carbocycles. The zero-order valence-electron chi connectivity index (χ0n) is 17.6. The number of nitrogen functional groups attached to an aromatic ring is 1. The van der Waals surface area contributed by atoms with E-state index in [2.05, 4.69) is 13.5 Å². The Morgan fingerprint density at radius 3 is 2.57 bits per heavy atom. The van der Waals surface area contributed by atoms with Crippen LogP contribution in [-0.4, -0.2) is 49.5 Å². The third kappa shape index (κ3) is 6.44. The van der Waals surface area contributed by atoms with E-state index in [1.165, 1.54) is 5.56 Å². The predicted octanol–water partition coefficient (Wildman–Crippen LogP) is 4.27. The van der Waals surface area contributed by atoms with Crippen LogP contribution in [0.25, 0.3) is 0 Å². The number of likely N-dealkylation sites (tertiary alicyclic amines) is 1. The molecule has 2 rings (SSSR count). The van der Waals surface area contributed by atoms with E-state index in [9.17, 15) is 4.79 Å². The molecule has 0 unspecified atom stereocenters. The minimum atomic E-state index is -0.469. The number of rotatable bonds is 7. The molecule has 0 bridgehead atoms. The van der Waals surface area contributed by atoms with Crippen molar-refractivity contribution in [3.8, 4) is 5.75 Å². The molecule has 0 atom stereocenters. The molecule has 0 aromatic heterocycles. The monoisotopic (exact) mass is 390 g/mol. The highest BCUT2D eigenvalue weighted by molar-refractivity contribution is 5.68. The van der Waals surface area contributed by atoms with Gasteiger partial charge in [-0.25, -0.2) is 4.79 Å². The van der Waals surface area contributed by atoms with Crippen LogP contribution < -0.4 is 10.5 Å². The van der Waals surface area contributed by atoms with Crippen LogP contribution in [0.2, 0.25) is 0 Å². The summed E-state index contributed by atoms with van der Waals surface area (Å²) in [5.41, 5.74) is 8.69. The summed E-state index contributed by atoms with van der Waals surface area (Å²) in [5, 5.41) is 0. The van der Waals surface area contributed by atoms with Gasteiger partial charge in [0, 0.05) is 13.1 Å². The van der Waals surface area contributed by atoms with E-state index in [0.29, 0.717) is 50.3 Å². The third-order valence-corrected chi connectivity index (χ3v) is 4.71. The molecule has 1 aliphatic heterocycles. The topological polar surface area (TPSA) is 74.0 Å². The molecule has 1 fully saturated rings. The Balaban J connectivity index is 1.97. The Kier molecular flexibility index (Phi) is 7.75. The van der Waals surface area contributed by atoms with Gasteiger partial charge in [-0.2, -0.15) is 0 Å². The lowest BCUT2D eigenvalue weighted by Crippen LogP contribution is -2.41. The van der Waals surface area contributed by atoms with Crippen molar-refractivity contribution in [2.45, 2.75) is 52.1 Å². The lowest BCUT2D eigenvalue weighted by atomic mass is 9.86. The molecule has 156 valence electrons. The third-order valence-electron chi connectivity index (χ3n) is 4.71. The Morgan fingerprint density at radius 1 is 1.29 bits per heavy atom. The number of benzene rings is 1. The van der Waals surface area contributed by atoms with Crippen molar-refractivity contribution in [3.05, 3.63) is 35.9 Å². The zero-order valence-corrected chi connectivity index (χ0v) is 17.6. The summed E-state index contributed by atoms with van der Waals surface area (Å²) in [5.74, 6) is 1.07. The average Bonchev–Trinajstić information content (AvgIpc) is 2.62. The van der Waals surface area contributed by atoms with Crippen molar-refractivity contribution in [2.75, 3.05) is 38.6 Å². The van der Waals surface area contributed by atoms with E-state index < -0.39 is 5.60 Å². The van der Waals surface area contributed by atoms with Gasteiger partial charge in [-0.15, -0.1) is 6.58 Å². The van der Waals surface area contributed by atoms with Gasteiger partial charge in [-0.05, 0) is 69.7 Å². The number of nitrogens with two attached hydrogens (primary N) is 1. The van der Waals surface area contributed by atoms with Crippen LogP contribution in [0.4, 0.5) is 10.5 Å². The molecule has 0 spiro atoms. The number of carbonyl (C=O) groups excluding carboxylic acids is 1. The van der Waals surface area contributed by atoms with Gasteiger partial charge in [0.25, 0.3) is 0 Å². The van der Waals surface area contributed by atoms with E-state index in [1.807, 2.05) is 32.9 Å². The smallest absolute Gasteiger partial charge is 0.410 e. The second-order valence-electron chi connectivity index (χ2n) is 8.20. The lowest BCUT2D eigenvalue weighted by Gasteiger charge is -2.34. The lowest BCUT2D eigenvalue weighted by molar-refractivity contribution is 0.0204. The molecular formula is C22H34N2O4. The summed E-state index contributed by atoms with van der Waals surface area (Å²) in [6.45, 7) is 14.2. The molecule has 0 saturated carbocycles. The van der Waals surface area contributed by atoms with Gasteiger partial charge in [0.05, 0.1) is 18.9 Å². The van der Waals surface area contributed by atoms with Gasteiger partial charge < -0.3 is 24.8 Å². The van der Waals surface area contributed by atoms with Gasteiger partial charge in [0.1, 0.15) is 18.0 Å². The molecular weight excluding hydrogens is 356 g/mol. The first-order chi connectivity index (χ1) is 13.2. The molecule has 1 amide bonds. The second kappa shape index (κ2) is 9.82. The van der Waals surface area contributed by atoms with Crippen LogP contribution in [0.5, 0.6) is 5.75 Å². The van der Waals surface area contributed by atoms with Crippen LogP contribution in [0.3, 0.4) is 0 Å². The van der Waals surface area contributed by atoms with Gasteiger partial charge in [-0.3, -0.25) is 0 Å². The highest BCUT2D eigenvalue weighted by atomic mass is 16.6. The van der Waals surface area contributed by atoms with E-state index in [4.69, 9.17) is 19.9 Å². The number of ether oxygens (including phenoxy) is 3. The number of nitrogens with zero attached hydrogens (tertiary/aromatic N) is 1. The Labute approximate surface area is 168 Å². The highest BCUT2D eigenvalue weighted by Crippen LogP contribution is 2.35. The quantitative estimate of drug-likeness (QED) is 0.427. The summed E-state index contributed by atoms with van der Waals surface area (Å²) < 4.78 is 16.6. The molecule has 1 aromatic carbocycles. The number of piperidine rings is 1. The first-order valence-electron chi connectivity index (χ1n) is 9.90. The molecule has 1 saturated heterocycles. The maximum Gasteiger partial charge on any atom is 0.410 e. The van der Waals surface area contributed by atoms with Gasteiger partial charge >= 0.3 is 6.09 Å². The van der Waals surface area contributed by atoms with E-state index in [-0.39, 0.29) is 6.09 Å². The molecule has 0 radical (unpaired) electrons. The molecule has 6 nitrogen and oxygen atoms in total. The molecule has 1 heterocycles. The van der Waals surface area contributed by atoms with Crippen LogP contribution in [-0.2, 0) is 9.47 Å². The number of amides is 1. The fraction of sp³-hybridized carbons (Fsp3) is 0.591. The summed E-state index contributed by atoms with van der Waals surface area (Å²) in [4.78, 5) is 14.1. The first-order valence-corrected chi connectivity index (χ1v) is 9.90. The van der Waals surface area contributed by atoms with Crippen LogP contribution >= 0.6 is 0 Å². The van der Waals surface area contributed by atoms with E-state index >= 15 is 0 Å². The maximum atomic E-state index is 12.3. The zero-order chi connectivity index (χ0) is 20.7.